The molecule has 0 saturated carbocycles. The van der Waals surface area contributed by atoms with Gasteiger partial charge in [-0.2, -0.15) is 5.10 Å². The third-order valence-corrected chi connectivity index (χ3v) is 2.70. The topological polar surface area (TPSA) is 99.1 Å². The summed E-state index contributed by atoms with van der Waals surface area (Å²) in [5.74, 6) is -1.97. The lowest BCUT2D eigenvalue weighted by atomic mass is 10.2. The molecule has 7 nitrogen and oxygen atoms in total. The zero-order valence-electron chi connectivity index (χ0n) is 10.6. The van der Waals surface area contributed by atoms with Crippen molar-refractivity contribution in [1.82, 2.24) is 5.01 Å². The summed E-state index contributed by atoms with van der Waals surface area (Å²) in [7, 11) is 0. The van der Waals surface area contributed by atoms with E-state index in [1.54, 1.807) is 24.3 Å². The Morgan fingerprint density at radius 1 is 1.25 bits per heavy atom. The monoisotopic (exact) mass is 275 g/mol. The summed E-state index contributed by atoms with van der Waals surface area (Å²) in [5, 5.41) is 16.0. The average Bonchev–Trinajstić information content (AvgIpc) is 2.42. The van der Waals surface area contributed by atoms with Gasteiger partial charge in [0.05, 0.1) is 0 Å². The van der Waals surface area contributed by atoms with Gasteiger partial charge in [0.25, 0.3) is 0 Å². The third kappa shape index (κ3) is 3.41. The number of hydrogen-bond donors (Lipinski definition) is 2. The van der Waals surface area contributed by atoms with E-state index in [1.165, 1.54) is 0 Å². The number of benzene rings is 1. The molecule has 0 unspecified atom stereocenters. The lowest BCUT2D eigenvalue weighted by Crippen LogP contribution is -2.39. The van der Waals surface area contributed by atoms with Gasteiger partial charge in [-0.25, -0.2) is 9.80 Å². The second-order valence-electron chi connectivity index (χ2n) is 4.22. The van der Waals surface area contributed by atoms with E-state index in [4.69, 9.17) is 5.11 Å². The Bertz CT molecular complexity index is 568. The fourth-order valence-corrected chi connectivity index (χ4v) is 1.74. The van der Waals surface area contributed by atoms with Crippen molar-refractivity contribution in [1.29, 1.82) is 0 Å². The van der Waals surface area contributed by atoms with Crippen molar-refractivity contribution in [3.63, 3.8) is 0 Å². The van der Waals surface area contributed by atoms with E-state index < -0.39 is 11.9 Å². The van der Waals surface area contributed by atoms with Crippen LogP contribution >= 0.6 is 0 Å². The summed E-state index contributed by atoms with van der Waals surface area (Å²) in [6.45, 7) is -0.301. The highest BCUT2D eigenvalue weighted by molar-refractivity contribution is 6.36. The first kappa shape index (κ1) is 13.7. The number of carbonyl (C=O) groups excluding carboxylic acids is 2. The summed E-state index contributed by atoms with van der Waals surface area (Å²) >= 11 is 0. The summed E-state index contributed by atoms with van der Waals surface area (Å²) in [5.41, 5.74) is 0.488. The first-order valence-corrected chi connectivity index (χ1v) is 6.02. The molecular formula is C13H13N3O4. The van der Waals surface area contributed by atoms with Gasteiger partial charge in [0.15, 0.2) is 0 Å². The summed E-state index contributed by atoms with van der Waals surface area (Å²) in [6, 6.07) is 8.77. The van der Waals surface area contributed by atoms with Gasteiger partial charge in [0.1, 0.15) is 12.3 Å². The molecule has 104 valence electrons. The molecule has 7 heteroatoms. The molecule has 0 aromatic heterocycles. The lowest BCUT2D eigenvalue weighted by molar-refractivity contribution is -0.136. The van der Waals surface area contributed by atoms with Gasteiger partial charge >= 0.3 is 5.97 Å². The van der Waals surface area contributed by atoms with Crippen molar-refractivity contribution in [2.75, 3.05) is 11.9 Å². The summed E-state index contributed by atoms with van der Waals surface area (Å²) in [6.07, 6.45) is 0.134. The number of nitrogens with zero attached hydrogens (tertiary/aromatic N) is 2. The third-order valence-electron chi connectivity index (χ3n) is 2.70. The van der Waals surface area contributed by atoms with Crippen LogP contribution in [-0.4, -0.2) is 40.2 Å². The number of carboxylic acid groups (broad SMARTS) is 1. The van der Waals surface area contributed by atoms with Crippen molar-refractivity contribution < 1.29 is 19.5 Å². The molecule has 0 bridgehead atoms. The predicted molar refractivity (Wildman–Crippen MR) is 71.1 cm³/mol. The van der Waals surface area contributed by atoms with Crippen LogP contribution in [0.15, 0.2) is 35.4 Å². The van der Waals surface area contributed by atoms with Gasteiger partial charge in [-0.15, -0.1) is 0 Å². The minimum Gasteiger partial charge on any atom is -0.477 e. The van der Waals surface area contributed by atoms with Gasteiger partial charge in [-0.05, 0) is 12.1 Å². The molecular weight excluding hydrogens is 262 g/mol. The minimum atomic E-state index is -1.18. The molecule has 0 radical (unpaired) electrons. The Morgan fingerprint density at radius 2 is 1.95 bits per heavy atom. The fraction of sp³-hybridized carbons (Fsp3) is 0.231. The Hall–Kier alpha value is -2.70. The standard InChI is InChI=1S/C13H13N3O4/c17-11(14-9-4-2-1-3-5-9)8-16-12(18)7-6-10(15-16)13(19)20/h1-5H,6-8H2,(H,14,17)(H,19,20). The number of rotatable bonds is 4. The van der Waals surface area contributed by atoms with E-state index in [9.17, 15) is 14.4 Å². The number of anilines is 1. The Morgan fingerprint density at radius 3 is 2.60 bits per heavy atom. The van der Waals surface area contributed by atoms with Crippen molar-refractivity contribution in [2.24, 2.45) is 5.10 Å². The normalized spacial score (nSPS) is 14.7. The van der Waals surface area contributed by atoms with E-state index in [-0.39, 0.29) is 31.0 Å². The molecule has 0 fully saturated rings. The van der Waals surface area contributed by atoms with Crippen LogP contribution in [0.1, 0.15) is 12.8 Å². The smallest absolute Gasteiger partial charge is 0.352 e. The van der Waals surface area contributed by atoms with Crippen LogP contribution in [-0.2, 0) is 14.4 Å². The Labute approximate surface area is 114 Å². The zero-order chi connectivity index (χ0) is 14.5. The second kappa shape index (κ2) is 5.96. The lowest BCUT2D eigenvalue weighted by Gasteiger charge is -2.21. The zero-order valence-corrected chi connectivity index (χ0v) is 10.6. The summed E-state index contributed by atoms with van der Waals surface area (Å²) in [4.78, 5) is 34.2. The summed E-state index contributed by atoms with van der Waals surface area (Å²) < 4.78 is 0. The second-order valence-corrected chi connectivity index (χ2v) is 4.22. The maximum atomic E-state index is 11.8. The Balaban J connectivity index is 2.01. The number of aliphatic carboxylic acids is 1. The van der Waals surface area contributed by atoms with Crippen LogP contribution in [0.2, 0.25) is 0 Å². The number of hydrazone groups is 1. The minimum absolute atomic E-state index is 0.0454. The van der Waals surface area contributed by atoms with Gasteiger partial charge in [-0.1, -0.05) is 18.2 Å². The molecule has 1 heterocycles. The number of nitrogens with one attached hydrogen (secondary N) is 1. The van der Waals surface area contributed by atoms with Crippen LogP contribution in [0, 0.1) is 0 Å². The van der Waals surface area contributed by atoms with Gasteiger partial charge in [0.2, 0.25) is 11.8 Å². The van der Waals surface area contributed by atoms with Crippen LogP contribution in [0.4, 0.5) is 5.69 Å². The molecule has 0 atom stereocenters. The van der Waals surface area contributed by atoms with Crippen molar-refractivity contribution in [3.8, 4) is 0 Å². The SMILES string of the molecule is O=C(CN1N=C(C(=O)O)CCC1=O)Nc1ccccc1. The largest absolute Gasteiger partial charge is 0.477 e. The number of hydrogen-bond acceptors (Lipinski definition) is 4. The molecule has 0 saturated heterocycles. The van der Waals surface area contributed by atoms with E-state index in [2.05, 4.69) is 10.4 Å². The van der Waals surface area contributed by atoms with Gasteiger partial charge < -0.3 is 10.4 Å². The maximum absolute atomic E-state index is 11.8. The average molecular weight is 275 g/mol. The number of carboxylic acids is 1. The maximum Gasteiger partial charge on any atom is 0.352 e. The molecule has 0 aliphatic carbocycles. The van der Waals surface area contributed by atoms with Crippen LogP contribution in [0.25, 0.3) is 0 Å². The van der Waals surface area contributed by atoms with E-state index >= 15 is 0 Å². The number of amides is 2. The van der Waals surface area contributed by atoms with Crippen molar-refractivity contribution in [2.45, 2.75) is 12.8 Å². The quantitative estimate of drug-likeness (QED) is 0.844. The molecule has 2 rings (SSSR count). The van der Waals surface area contributed by atoms with E-state index in [0.29, 0.717) is 5.69 Å². The molecule has 2 amide bonds. The molecule has 1 aromatic carbocycles. The van der Waals surface area contributed by atoms with Crippen LogP contribution in [0.3, 0.4) is 0 Å². The molecule has 2 N–H and O–H groups in total. The van der Waals surface area contributed by atoms with Crippen LogP contribution in [0.5, 0.6) is 0 Å². The highest BCUT2D eigenvalue weighted by Gasteiger charge is 2.25. The van der Waals surface area contributed by atoms with Crippen molar-refractivity contribution in [3.05, 3.63) is 30.3 Å². The highest BCUT2D eigenvalue weighted by Crippen LogP contribution is 2.10. The first-order valence-electron chi connectivity index (χ1n) is 6.02. The molecule has 1 aliphatic rings. The van der Waals surface area contributed by atoms with Gasteiger partial charge in [-0.3, -0.25) is 9.59 Å². The fourth-order valence-electron chi connectivity index (χ4n) is 1.74. The number of para-hydroxylation sites is 1. The molecule has 0 spiro atoms. The van der Waals surface area contributed by atoms with Crippen molar-refractivity contribution >= 4 is 29.2 Å². The van der Waals surface area contributed by atoms with Crippen LogP contribution < -0.4 is 5.32 Å². The molecule has 20 heavy (non-hydrogen) atoms. The van der Waals surface area contributed by atoms with Gasteiger partial charge in [0, 0.05) is 18.5 Å². The van der Waals surface area contributed by atoms with E-state index in [1.807, 2.05) is 6.07 Å². The molecule has 1 aliphatic heterocycles. The first-order chi connectivity index (χ1) is 9.56. The molecule has 1 aromatic rings. The Kier molecular flexibility index (Phi) is 4.09. The van der Waals surface area contributed by atoms with E-state index in [0.717, 1.165) is 5.01 Å². The predicted octanol–water partition coefficient (Wildman–Crippen LogP) is 0.688. The highest BCUT2D eigenvalue weighted by atomic mass is 16.4. The number of carbonyl (C=O) groups is 3.